The zero-order valence-electron chi connectivity index (χ0n) is 7.94. The summed E-state index contributed by atoms with van der Waals surface area (Å²) in [5.74, 6) is 0. The van der Waals surface area contributed by atoms with E-state index in [1.54, 1.807) is 25.2 Å². The van der Waals surface area contributed by atoms with Gasteiger partial charge in [0.1, 0.15) is 0 Å². The first-order chi connectivity index (χ1) is 6.11. The molecule has 0 saturated carbocycles. The molecule has 0 aliphatic rings. The van der Waals surface area contributed by atoms with Crippen LogP contribution >= 0.6 is 11.8 Å². The molecule has 1 aromatic rings. The Bertz CT molecular complexity index is 312. The lowest BCUT2D eigenvalue weighted by Gasteiger charge is -2.09. The van der Waals surface area contributed by atoms with Gasteiger partial charge in [-0.2, -0.15) is 0 Å². The van der Waals surface area contributed by atoms with E-state index in [0.717, 1.165) is 10.6 Å². The number of pyridine rings is 1. The lowest BCUT2D eigenvalue weighted by atomic mass is 10.4. The van der Waals surface area contributed by atoms with Crippen molar-refractivity contribution in [2.24, 2.45) is 0 Å². The summed E-state index contributed by atoms with van der Waals surface area (Å²) in [4.78, 5) is 17.9. The maximum Gasteiger partial charge on any atom is 0.285 e. The average molecular weight is 196 g/mol. The van der Waals surface area contributed by atoms with Crippen LogP contribution in [0.25, 0.3) is 0 Å². The fourth-order valence-corrected chi connectivity index (χ4v) is 1.48. The lowest BCUT2D eigenvalue weighted by molar-refractivity contribution is 0.241. The molecule has 0 aliphatic heterocycles. The second-order valence-electron chi connectivity index (χ2n) is 2.85. The standard InChI is InChI=1S/C9H12N2OS/c1-7-8(5-4-6-10-7)13-9(12)11(2)3/h4-6H,1-3H3. The van der Waals surface area contributed by atoms with Crippen LogP contribution in [0.2, 0.25) is 0 Å². The molecule has 0 unspecified atom stereocenters. The number of carbonyl (C=O) groups excluding carboxylic acids is 1. The third-order valence-corrected chi connectivity index (χ3v) is 2.71. The van der Waals surface area contributed by atoms with Gasteiger partial charge in [-0.15, -0.1) is 0 Å². The molecule has 0 spiro atoms. The van der Waals surface area contributed by atoms with Crippen LogP contribution in [0.4, 0.5) is 4.79 Å². The number of aryl methyl sites for hydroxylation is 1. The van der Waals surface area contributed by atoms with E-state index >= 15 is 0 Å². The van der Waals surface area contributed by atoms with E-state index in [1.807, 2.05) is 19.1 Å². The highest BCUT2D eigenvalue weighted by Gasteiger charge is 2.08. The molecule has 1 heterocycles. The molecule has 4 heteroatoms. The Morgan fingerprint density at radius 2 is 2.23 bits per heavy atom. The Balaban J connectivity index is 2.75. The highest BCUT2D eigenvalue weighted by Crippen LogP contribution is 2.22. The zero-order chi connectivity index (χ0) is 9.84. The number of nitrogens with zero attached hydrogens (tertiary/aromatic N) is 2. The third-order valence-electron chi connectivity index (χ3n) is 1.52. The van der Waals surface area contributed by atoms with Crippen molar-refractivity contribution in [3.63, 3.8) is 0 Å². The van der Waals surface area contributed by atoms with Gasteiger partial charge in [0.25, 0.3) is 5.24 Å². The molecule has 0 atom stereocenters. The van der Waals surface area contributed by atoms with E-state index in [4.69, 9.17) is 0 Å². The van der Waals surface area contributed by atoms with Crippen LogP contribution in [0.1, 0.15) is 5.69 Å². The molecule has 70 valence electrons. The predicted octanol–water partition coefficient (Wildman–Crippen LogP) is 2.16. The normalized spacial score (nSPS) is 9.77. The summed E-state index contributed by atoms with van der Waals surface area (Å²) in [5.41, 5.74) is 0.891. The van der Waals surface area contributed by atoms with Crippen molar-refractivity contribution < 1.29 is 4.79 Å². The van der Waals surface area contributed by atoms with Crippen molar-refractivity contribution in [3.05, 3.63) is 24.0 Å². The van der Waals surface area contributed by atoms with Gasteiger partial charge in [0.15, 0.2) is 0 Å². The number of carbonyl (C=O) groups is 1. The fourth-order valence-electron chi connectivity index (χ4n) is 0.763. The first-order valence-corrected chi connectivity index (χ1v) is 4.73. The number of hydrogen-bond donors (Lipinski definition) is 0. The van der Waals surface area contributed by atoms with Crippen molar-refractivity contribution in [3.8, 4) is 0 Å². The molecule has 0 N–H and O–H groups in total. The van der Waals surface area contributed by atoms with E-state index < -0.39 is 0 Å². The maximum absolute atomic E-state index is 11.3. The van der Waals surface area contributed by atoms with Gasteiger partial charge in [0.05, 0.1) is 5.69 Å². The molecule has 0 saturated heterocycles. The maximum atomic E-state index is 11.3. The zero-order valence-corrected chi connectivity index (χ0v) is 8.76. The van der Waals surface area contributed by atoms with E-state index in [9.17, 15) is 4.79 Å². The molecule has 1 aromatic heterocycles. The van der Waals surface area contributed by atoms with Crippen LogP contribution in [-0.2, 0) is 0 Å². The van der Waals surface area contributed by atoms with Crippen LogP contribution in [0.15, 0.2) is 23.2 Å². The molecule has 0 radical (unpaired) electrons. The van der Waals surface area contributed by atoms with Crippen LogP contribution in [0.5, 0.6) is 0 Å². The molecule has 1 rings (SSSR count). The number of aromatic nitrogens is 1. The van der Waals surface area contributed by atoms with Gasteiger partial charge >= 0.3 is 0 Å². The Morgan fingerprint density at radius 3 is 2.77 bits per heavy atom. The second-order valence-corrected chi connectivity index (χ2v) is 3.84. The van der Waals surface area contributed by atoms with Gasteiger partial charge in [-0.05, 0) is 30.8 Å². The fraction of sp³-hybridized carbons (Fsp3) is 0.333. The van der Waals surface area contributed by atoms with Crippen LogP contribution in [0.3, 0.4) is 0 Å². The average Bonchev–Trinajstić information content (AvgIpc) is 2.08. The van der Waals surface area contributed by atoms with Crippen molar-refractivity contribution >= 4 is 17.0 Å². The van der Waals surface area contributed by atoms with E-state index in [0.29, 0.717) is 0 Å². The van der Waals surface area contributed by atoms with E-state index in [-0.39, 0.29) is 5.24 Å². The van der Waals surface area contributed by atoms with Gasteiger partial charge in [-0.3, -0.25) is 9.78 Å². The van der Waals surface area contributed by atoms with Gasteiger partial charge in [-0.25, -0.2) is 0 Å². The van der Waals surface area contributed by atoms with Crippen LogP contribution in [0, 0.1) is 6.92 Å². The van der Waals surface area contributed by atoms with Crippen LogP contribution in [-0.4, -0.2) is 29.2 Å². The first kappa shape index (κ1) is 10.1. The minimum Gasteiger partial charge on any atom is -0.339 e. The summed E-state index contributed by atoms with van der Waals surface area (Å²) in [5, 5.41) is 0.0242. The molecule has 0 bridgehead atoms. The topological polar surface area (TPSA) is 33.2 Å². The Kier molecular flexibility index (Phi) is 3.31. The quantitative estimate of drug-likeness (QED) is 0.645. The Morgan fingerprint density at radius 1 is 1.54 bits per heavy atom. The van der Waals surface area contributed by atoms with E-state index in [2.05, 4.69) is 4.98 Å². The van der Waals surface area contributed by atoms with Crippen molar-refractivity contribution in [1.29, 1.82) is 0 Å². The Labute approximate surface area is 82.2 Å². The SMILES string of the molecule is Cc1ncccc1SC(=O)N(C)C. The molecule has 1 amide bonds. The first-order valence-electron chi connectivity index (χ1n) is 3.92. The molecule has 13 heavy (non-hydrogen) atoms. The lowest BCUT2D eigenvalue weighted by Crippen LogP contribution is -2.16. The van der Waals surface area contributed by atoms with Gasteiger partial charge in [0, 0.05) is 25.2 Å². The van der Waals surface area contributed by atoms with Gasteiger partial charge < -0.3 is 4.90 Å². The minimum atomic E-state index is 0.0242. The third kappa shape index (κ3) is 2.73. The molecular weight excluding hydrogens is 184 g/mol. The van der Waals surface area contributed by atoms with Gasteiger partial charge in [0.2, 0.25) is 0 Å². The summed E-state index contributed by atoms with van der Waals surface area (Å²) in [7, 11) is 3.47. The Hall–Kier alpha value is -1.03. The largest absolute Gasteiger partial charge is 0.339 e. The number of thioether (sulfide) groups is 1. The highest BCUT2D eigenvalue weighted by molar-refractivity contribution is 8.13. The van der Waals surface area contributed by atoms with E-state index in [1.165, 1.54) is 11.8 Å². The number of hydrogen-bond acceptors (Lipinski definition) is 3. The monoisotopic (exact) mass is 196 g/mol. The van der Waals surface area contributed by atoms with Crippen molar-refractivity contribution in [2.75, 3.05) is 14.1 Å². The smallest absolute Gasteiger partial charge is 0.285 e. The molecular formula is C9H12N2OS. The molecule has 0 aliphatic carbocycles. The summed E-state index contributed by atoms with van der Waals surface area (Å²) in [6.45, 7) is 1.89. The second kappa shape index (κ2) is 4.28. The van der Waals surface area contributed by atoms with Crippen molar-refractivity contribution in [2.45, 2.75) is 11.8 Å². The molecule has 0 aromatic carbocycles. The summed E-state index contributed by atoms with van der Waals surface area (Å²) in [6, 6.07) is 3.73. The highest BCUT2D eigenvalue weighted by atomic mass is 32.2. The van der Waals surface area contributed by atoms with Crippen molar-refractivity contribution in [1.82, 2.24) is 9.88 Å². The summed E-state index contributed by atoms with van der Waals surface area (Å²) in [6.07, 6.45) is 1.72. The predicted molar refractivity (Wildman–Crippen MR) is 53.9 cm³/mol. The summed E-state index contributed by atoms with van der Waals surface area (Å²) >= 11 is 1.20. The molecule has 3 nitrogen and oxygen atoms in total. The van der Waals surface area contributed by atoms with Crippen LogP contribution < -0.4 is 0 Å². The molecule has 0 fully saturated rings. The van der Waals surface area contributed by atoms with Gasteiger partial charge in [-0.1, -0.05) is 0 Å². The number of rotatable bonds is 1. The number of amides is 1. The minimum absolute atomic E-state index is 0.0242. The summed E-state index contributed by atoms with van der Waals surface area (Å²) < 4.78 is 0.